The van der Waals surface area contributed by atoms with Crippen LogP contribution in [0.15, 0.2) is 0 Å². The molecule has 0 aliphatic heterocycles. The summed E-state index contributed by atoms with van der Waals surface area (Å²) in [6.07, 6.45) is 11.8. The van der Waals surface area contributed by atoms with Crippen LogP contribution in [0.3, 0.4) is 0 Å². The third-order valence-corrected chi connectivity index (χ3v) is 5.89. The fourth-order valence-corrected chi connectivity index (χ4v) is 4.76. The molecular formula is C17H31N. The smallest absolute Gasteiger partial charge is 0.0103 e. The topological polar surface area (TPSA) is 12.0 Å². The molecule has 3 aliphatic carbocycles. The molecule has 0 spiro atoms. The molecule has 3 unspecified atom stereocenters. The van der Waals surface area contributed by atoms with Crippen LogP contribution in [0.4, 0.5) is 0 Å². The molecule has 104 valence electrons. The first-order valence-electron chi connectivity index (χ1n) is 8.32. The second kappa shape index (κ2) is 4.81. The van der Waals surface area contributed by atoms with Gasteiger partial charge in [-0.25, -0.2) is 0 Å². The van der Waals surface area contributed by atoms with E-state index in [1.54, 1.807) is 0 Å². The molecule has 5 atom stereocenters. The van der Waals surface area contributed by atoms with Crippen LogP contribution in [-0.2, 0) is 0 Å². The first kappa shape index (κ1) is 13.0. The summed E-state index contributed by atoms with van der Waals surface area (Å²) in [5.74, 6) is 3.06. The van der Waals surface area contributed by atoms with Crippen molar-refractivity contribution in [1.82, 2.24) is 5.32 Å². The standard InChI is InChI=1S/C17H31N/c1-17(2,3)14-8-4-5-9-16(14)18-15-10-6-7-12-11-13(12)15/h12-16,18H,4-11H2,1-3H3/t12-,13+,14?,15?,16?/m0/s1. The normalized spacial score (nSPS) is 44.5. The zero-order valence-electron chi connectivity index (χ0n) is 12.5. The lowest BCUT2D eigenvalue weighted by Gasteiger charge is -2.43. The molecule has 0 saturated heterocycles. The summed E-state index contributed by atoms with van der Waals surface area (Å²) in [5.41, 5.74) is 0.482. The van der Waals surface area contributed by atoms with Crippen LogP contribution in [0, 0.1) is 23.2 Å². The molecule has 0 heterocycles. The van der Waals surface area contributed by atoms with E-state index >= 15 is 0 Å². The maximum atomic E-state index is 4.11. The Kier molecular flexibility index (Phi) is 3.47. The monoisotopic (exact) mass is 249 g/mol. The fourth-order valence-electron chi connectivity index (χ4n) is 4.76. The Morgan fingerprint density at radius 3 is 2.33 bits per heavy atom. The molecule has 0 amide bonds. The summed E-state index contributed by atoms with van der Waals surface area (Å²) in [7, 11) is 0. The van der Waals surface area contributed by atoms with Crippen LogP contribution >= 0.6 is 0 Å². The minimum atomic E-state index is 0.482. The van der Waals surface area contributed by atoms with E-state index in [4.69, 9.17) is 0 Å². The van der Waals surface area contributed by atoms with Gasteiger partial charge in [-0.15, -0.1) is 0 Å². The molecule has 1 N–H and O–H groups in total. The van der Waals surface area contributed by atoms with Gasteiger partial charge in [0.15, 0.2) is 0 Å². The van der Waals surface area contributed by atoms with E-state index in [-0.39, 0.29) is 0 Å². The second-order valence-corrected chi connectivity index (χ2v) is 8.23. The van der Waals surface area contributed by atoms with Crippen molar-refractivity contribution in [2.45, 2.75) is 84.2 Å². The highest BCUT2D eigenvalue weighted by atomic mass is 15.0. The quantitative estimate of drug-likeness (QED) is 0.766. The van der Waals surface area contributed by atoms with Gasteiger partial charge in [-0.05, 0) is 48.9 Å². The molecule has 3 rings (SSSR count). The summed E-state index contributed by atoms with van der Waals surface area (Å²) in [6.45, 7) is 7.33. The Balaban J connectivity index is 1.62. The molecule has 1 heteroatoms. The van der Waals surface area contributed by atoms with Gasteiger partial charge in [0, 0.05) is 12.1 Å². The minimum absolute atomic E-state index is 0.482. The third kappa shape index (κ3) is 2.61. The average Bonchev–Trinajstić information content (AvgIpc) is 3.08. The maximum Gasteiger partial charge on any atom is 0.0103 e. The van der Waals surface area contributed by atoms with Gasteiger partial charge in [0.1, 0.15) is 0 Å². The van der Waals surface area contributed by atoms with Crippen molar-refractivity contribution in [2.24, 2.45) is 23.2 Å². The Morgan fingerprint density at radius 2 is 1.56 bits per heavy atom. The molecular weight excluding hydrogens is 218 g/mol. The summed E-state index contributed by atoms with van der Waals surface area (Å²) < 4.78 is 0. The van der Waals surface area contributed by atoms with Gasteiger partial charge in [0.25, 0.3) is 0 Å². The van der Waals surface area contributed by atoms with Crippen LogP contribution in [0.2, 0.25) is 0 Å². The molecule has 3 aliphatic rings. The number of hydrogen-bond donors (Lipinski definition) is 1. The fraction of sp³-hybridized carbons (Fsp3) is 1.00. The average molecular weight is 249 g/mol. The van der Waals surface area contributed by atoms with Gasteiger partial charge in [-0.2, -0.15) is 0 Å². The van der Waals surface area contributed by atoms with E-state index in [1.807, 2.05) is 0 Å². The minimum Gasteiger partial charge on any atom is -0.311 e. The number of rotatable bonds is 2. The largest absolute Gasteiger partial charge is 0.311 e. The Labute approximate surface area is 113 Å². The lowest BCUT2D eigenvalue weighted by molar-refractivity contribution is 0.115. The van der Waals surface area contributed by atoms with Gasteiger partial charge in [0.05, 0.1) is 0 Å². The van der Waals surface area contributed by atoms with E-state index < -0.39 is 0 Å². The van der Waals surface area contributed by atoms with Crippen molar-refractivity contribution in [2.75, 3.05) is 0 Å². The molecule has 3 fully saturated rings. The van der Waals surface area contributed by atoms with E-state index in [9.17, 15) is 0 Å². The van der Waals surface area contributed by atoms with Gasteiger partial charge in [-0.3, -0.25) is 0 Å². The van der Waals surface area contributed by atoms with E-state index in [1.165, 1.54) is 51.4 Å². The van der Waals surface area contributed by atoms with Crippen molar-refractivity contribution in [3.05, 3.63) is 0 Å². The van der Waals surface area contributed by atoms with Crippen molar-refractivity contribution in [3.8, 4) is 0 Å². The van der Waals surface area contributed by atoms with Crippen LogP contribution in [0.25, 0.3) is 0 Å². The van der Waals surface area contributed by atoms with Crippen LogP contribution < -0.4 is 5.32 Å². The van der Waals surface area contributed by atoms with Crippen molar-refractivity contribution in [1.29, 1.82) is 0 Å². The lowest BCUT2D eigenvalue weighted by atomic mass is 9.69. The Morgan fingerprint density at radius 1 is 0.833 bits per heavy atom. The summed E-state index contributed by atoms with van der Waals surface area (Å²) in [6, 6.07) is 1.68. The second-order valence-electron chi connectivity index (χ2n) is 8.23. The zero-order chi connectivity index (χ0) is 12.8. The molecule has 0 radical (unpaired) electrons. The lowest BCUT2D eigenvalue weighted by Crippen LogP contribution is -2.49. The van der Waals surface area contributed by atoms with E-state index in [0.29, 0.717) is 5.41 Å². The van der Waals surface area contributed by atoms with Crippen LogP contribution in [0.1, 0.15) is 72.1 Å². The highest BCUT2D eigenvalue weighted by Crippen LogP contribution is 2.50. The third-order valence-electron chi connectivity index (χ3n) is 5.89. The Hall–Kier alpha value is -0.0400. The maximum absolute atomic E-state index is 4.11. The zero-order valence-corrected chi connectivity index (χ0v) is 12.5. The molecule has 0 aromatic heterocycles. The van der Waals surface area contributed by atoms with Gasteiger partial charge < -0.3 is 5.32 Å². The van der Waals surface area contributed by atoms with Gasteiger partial charge in [0.2, 0.25) is 0 Å². The molecule has 0 bridgehead atoms. The molecule has 1 nitrogen and oxygen atoms in total. The first-order chi connectivity index (χ1) is 8.55. The van der Waals surface area contributed by atoms with Gasteiger partial charge >= 0.3 is 0 Å². The summed E-state index contributed by atoms with van der Waals surface area (Å²) in [5, 5.41) is 4.11. The summed E-state index contributed by atoms with van der Waals surface area (Å²) in [4.78, 5) is 0. The molecule has 0 aromatic carbocycles. The van der Waals surface area contributed by atoms with Crippen LogP contribution in [-0.4, -0.2) is 12.1 Å². The highest BCUT2D eigenvalue weighted by Gasteiger charge is 2.46. The number of hydrogen-bond acceptors (Lipinski definition) is 1. The van der Waals surface area contributed by atoms with E-state index in [2.05, 4.69) is 26.1 Å². The van der Waals surface area contributed by atoms with Crippen molar-refractivity contribution < 1.29 is 0 Å². The Bertz CT molecular complexity index is 290. The van der Waals surface area contributed by atoms with E-state index in [0.717, 1.165) is 29.8 Å². The predicted molar refractivity (Wildman–Crippen MR) is 77.6 cm³/mol. The van der Waals surface area contributed by atoms with Gasteiger partial charge in [-0.1, -0.05) is 46.5 Å². The summed E-state index contributed by atoms with van der Waals surface area (Å²) >= 11 is 0. The predicted octanol–water partition coefficient (Wildman–Crippen LogP) is 4.37. The van der Waals surface area contributed by atoms with Crippen molar-refractivity contribution in [3.63, 3.8) is 0 Å². The van der Waals surface area contributed by atoms with Crippen LogP contribution in [0.5, 0.6) is 0 Å². The molecule has 18 heavy (non-hydrogen) atoms. The molecule has 3 saturated carbocycles. The first-order valence-corrected chi connectivity index (χ1v) is 8.32. The van der Waals surface area contributed by atoms with Crippen molar-refractivity contribution >= 4 is 0 Å². The number of fused-ring (bicyclic) bond motifs is 1. The highest BCUT2D eigenvalue weighted by molar-refractivity contribution is 5.00. The molecule has 0 aromatic rings. The number of nitrogens with one attached hydrogen (secondary N) is 1. The SMILES string of the molecule is CC(C)(C)C1CCCCC1NC1CCC[C@H]2C[C@@H]12.